The Morgan fingerprint density at radius 3 is 2.46 bits per heavy atom. The van der Waals surface area contributed by atoms with Crippen molar-refractivity contribution in [2.75, 3.05) is 13.2 Å². The van der Waals surface area contributed by atoms with E-state index in [2.05, 4.69) is 17.2 Å². The van der Waals surface area contributed by atoms with Crippen LogP contribution in [0.25, 0.3) is 0 Å². The standard InChI is InChI=1S/C23H31N3O2/c1-17-20(18(2)25(3)24-17)15-26(13-14-27)21(28)23(19-9-5-4-6-10-19)16-22(23)11-7-8-12-22/h4-6,9-10,27H,7-8,11-16H2,1-3H3/t23-/m0/s1. The molecule has 0 aliphatic heterocycles. The van der Waals surface area contributed by atoms with Gasteiger partial charge in [-0.3, -0.25) is 9.48 Å². The van der Waals surface area contributed by atoms with Gasteiger partial charge in [-0.25, -0.2) is 0 Å². The van der Waals surface area contributed by atoms with Gasteiger partial charge in [0.25, 0.3) is 0 Å². The van der Waals surface area contributed by atoms with Gasteiger partial charge >= 0.3 is 0 Å². The minimum Gasteiger partial charge on any atom is -0.395 e. The van der Waals surface area contributed by atoms with Crippen LogP contribution in [0.2, 0.25) is 0 Å². The van der Waals surface area contributed by atoms with Gasteiger partial charge in [0.1, 0.15) is 0 Å². The lowest BCUT2D eigenvalue weighted by atomic mass is 9.83. The van der Waals surface area contributed by atoms with Gasteiger partial charge in [-0.05, 0) is 44.1 Å². The van der Waals surface area contributed by atoms with Crippen LogP contribution in [-0.2, 0) is 23.8 Å². The molecule has 1 atom stereocenters. The fourth-order valence-electron chi connectivity index (χ4n) is 5.56. The first-order chi connectivity index (χ1) is 13.4. The van der Waals surface area contributed by atoms with Crippen LogP contribution in [0.5, 0.6) is 0 Å². The maximum Gasteiger partial charge on any atom is 0.234 e. The first kappa shape index (κ1) is 19.2. The summed E-state index contributed by atoms with van der Waals surface area (Å²) < 4.78 is 1.87. The SMILES string of the molecule is Cc1nn(C)c(C)c1CN(CCO)C(=O)[C@@]1(c2ccccc2)CC12CCCC2. The summed E-state index contributed by atoms with van der Waals surface area (Å²) in [4.78, 5) is 15.9. The monoisotopic (exact) mass is 381 g/mol. The highest BCUT2D eigenvalue weighted by atomic mass is 16.3. The molecule has 2 aromatic rings. The third-order valence-corrected chi connectivity index (χ3v) is 7.24. The van der Waals surface area contributed by atoms with Crippen molar-refractivity contribution in [1.29, 1.82) is 0 Å². The van der Waals surface area contributed by atoms with Crippen LogP contribution in [0.15, 0.2) is 30.3 Å². The van der Waals surface area contributed by atoms with Crippen LogP contribution < -0.4 is 0 Å². The molecule has 0 saturated heterocycles. The van der Waals surface area contributed by atoms with E-state index in [1.54, 1.807) is 0 Å². The van der Waals surface area contributed by atoms with E-state index in [-0.39, 0.29) is 17.9 Å². The van der Waals surface area contributed by atoms with Crippen molar-refractivity contribution in [3.05, 3.63) is 52.8 Å². The molecule has 1 heterocycles. The number of aryl methyl sites for hydroxylation is 2. The number of nitrogens with zero attached hydrogens (tertiary/aromatic N) is 3. The fraction of sp³-hybridized carbons (Fsp3) is 0.565. The normalized spacial score (nSPS) is 22.6. The van der Waals surface area contributed by atoms with Crippen molar-refractivity contribution in [2.45, 2.75) is 57.9 Å². The van der Waals surface area contributed by atoms with E-state index < -0.39 is 5.41 Å². The molecule has 1 amide bonds. The van der Waals surface area contributed by atoms with E-state index in [4.69, 9.17) is 0 Å². The molecule has 28 heavy (non-hydrogen) atoms. The molecule has 1 spiro atoms. The van der Waals surface area contributed by atoms with Crippen molar-refractivity contribution in [1.82, 2.24) is 14.7 Å². The van der Waals surface area contributed by atoms with E-state index in [0.29, 0.717) is 13.1 Å². The maximum absolute atomic E-state index is 14.0. The third kappa shape index (κ3) is 2.79. The van der Waals surface area contributed by atoms with Crippen molar-refractivity contribution in [3.8, 4) is 0 Å². The molecule has 1 aromatic heterocycles. The van der Waals surface area contributed by atoms with Crippen molar-refractivity contribution in [3.63, 3.8) is 0 Å². The molecule has 5 heteroatoms. The number of aliphatic hydroxyl groups is 1. The summed E-state index contributed by atoms with van der Waals surface area (Å²) in [6, 6.07) is 10.3. The van der Waals surface area contributed by atoms with E-state index in [1.165, 1.54) is 12.8 Å². The van der Waals surface area contributed by atoms with Gasteiger partial charge in [0.2, 0.25) is 5.91 Å². The summed E-state index contributed by atoms with van der Waals surface area (Å²) in [7, 11) is 1.93. The maximum atomic E-state index is 14.0. The molecule has 1 N–H and O–H groups in total. The lowest BCUT2D eigenvalue weighted by Gasteiger charge is -2.30. The lowest BCUT2D eigenvalue weighted by Crippen LogP contribution is -2.43. The van der Waals surface area contributed by atoms with Crippen LogP contribution >= 0.6 is 0 Å². The summed E-state index contributed by atoms with van der Waals surface area (Å²) in [6.45, 7) is 4.88. The number of aromatic nitrogens is 2. The molecule has 2 saturated carbocycles. The summed E-state index contributed by atoms with van der Waals surface area (Å²) in [6.07, 6.45) is 5.62. The first-order valence-electron chi connectivity index (χ1n) is 10.4. The van der Waals surface area contributed by atoms with Gasteiger partial charge in [-0.15, -0.1) is 0 Å². The Balaban J connectivity index is 1.70. The number of hydrogen-bond donors (Lipinski definition) is 1. The van der Waals surface area contributed by atoms with Crippen LogP contribution in [0, 0.1) is 19.3 Å². The Labute approximate surface area is 167 Å². The lowest BCUT2D eigenvalue weighted by molar-refractivity contribution is -0.136. The van der Waals surface area contributed by atoms with E-state index >= 15 is 0 Å². The molecule has 0 bridgehead atoms. The predicted octanol–water partition coefficient (Wildman–Crippen LogP) is 3.26. The van der Waals surface area contributed by atoms with Gasteiger partial charge < -0.3 is 10.0 Å². The molecule has 2 aliphatic rings. The van der Waals surface area contributed by atoms with Crippen LogP contribution in [0.1, 0.15) is 54.6 Å². The minimum atomic E-state index is -0.427. The Hall–Kier alpha value is -2.14. The topological polar surface area (TPSA) is 58.4 Å². The Morgan fingerprint density at radius 1 is 1.21 bits per heavy atom. The predicted molar refractivity (Wildman–Crippen MR) is 109 cm³/mol. The number of aliphatic hydroxyl groups excluding tert-OH is 1. The zero-order valence-corrected chi connectivity index (χ0v) is 17.2. The smallest absolute Gasteiger partial charge is 0.234 e. The summed E-state index contributed by atoms with van der Waals surface area (Å²) in [5.74, 6) is 0.178. The van der Waals surface area contributed by atoms with Crippen LogP contribution in [0.4, 0.5) is 0 Å². The Morgan fingerprint density at radius 2 is 1.89 bits per heavy atom. The molecule has 4 rings (SSSR count). The zero-order chi connectivity index (χ0) is 19.9. The average Bonchev–Trinajstić information content (AvgIpc) is 2.97. The second-order valence-electron chi connectivity index (χ2n) is 8.66. The highest BCUT2D eigenvalue weighted by molar-refractivity contribution is 5.93. The van der Waals surface area contributed by atoms with Crippen molar-refractivity contribution in [2.24, 2.45) is 12.5 Å². The fourth-order valence-corrected chi connectivity index (χ4v) is 5.56. The number of carbonyl (C=O) groups excluding carboxylic acids is 1. The van der Waals surface area contributed by atoms with Gasteiger partial charge in [0, 0.05) is 31.4 Å². The molecule has 2 aliphatic carbocycles. The molecule has 1 aromatic carbocycles. The quantitative estimate of drug-likeness (QED) is 0.836. The molecule has 0 radical (unpaired) electrons. The van der Waals surface area contributed by atoms with Crippen molar-refractivity contribution < 1.29 is 9.90 Å². The number of amides is 1. The van der Waals surface area contributed by atoms with Gasteiger partial charge in [0.05, 0.1) is 17.7 Å². The number of rotatable bonds is 6. The zero-order valence-electron chi connectivity index (χ0n) is 17.2. The van der Waals surface area contributed by atoms with Gasteiger partial charge in [-0.2, -0.15) is 5.10 Å². The second kappa shape index (κ2) is 7.03. The molecule has 5 nitrogen and oxygen atoms in total. The highest BCUT2D eigenvalue weighted by Gasteiger charge is 2.73. The van der Waals surface area contributed by atoms with E-state index in [0.717, 1.165) is 41.8 Å². The Bertz CT molecular complexity index is 867. The summed E-state index contributed by atoms with van der Waals surface area (Å²) in [5, 5.41) is 14.2. The largest absolute Gasteiger partial charge is 0.395 e. The number of hydrogen-bond acceptors (Lipinski definition) is 3. The molecular formula is C23H31N3O2. The molecule has 0 unspecified atom stereocenters. The molecule has 2 fully saturated rings. The van der Waals surface area contributed by atoms with Crippen LogP contribution in [-0.4, -0.2) is 38.8 Å². The number of benzene rings is 1. The van der Waals surface area contributed by atoms with Crippen molar-refractivity contribution >= 4 is 5.91 Å². The third-order valence-electron chi connectivity index (χ3n) is 7.24. The van der Waals surface area contributed by atoms with Crippen LogP contribution in [0.3, 0.4) is 0 Å². The van der Waals surface area contributed by atoms with Gasteiger partial charge in [-0.1, -0.05) is 43.2 Å². The molecule has 150 valence electrons. The van der Waals surface area contributed by atoms with E-state index in [9.17, 15) is 9.90 Å². The first-order valence-corrected chi connectivity index (χ1v) is 10.4. The summed E-state index contributed by atoms with van der Waals surface area (Å²) in [5.41, 5.74) is 3.95. The van der Waals surface area contributed by atoms with E-state index in [1.807, 2.05) is 48.7 Å². The minimum absolute atomic E-state index is 0.0258. The second-order valence-corrected chi connectivity index (χ2v) is 8.66. The average molecular weight is 382 g/mol. The number of carbonyl (C=O) groups is 1. The Kier molecular flexibility index (Phi) is 4.82. The molecular weight excluding hydrogens is 350 g/mol. The highest BCUT2D eigenvalue weighted by Crippen LogP contribution is 2.72. The van der Waals surface area contributed by atoms with Gasteiger partial charge in [0.15, 0.2) is 0 Å². The summed E-state index contributed by atoms with van der Waals surface area (Å²) >= 11 is 0.